The quantitative estimate of drug-likeness (QED) is 0.813. The van der Waals surface area contributed by atoms with Gasteiger partial charge in [-0.2, -0.15) is 5.10 Å². The molecule has 0 amide bonds. The van der Waals surface area contributed by atoms with E-state index in [4.69, 9.17) is 9.47 Å². The van der Waals surface area contributed by atoms with Crippen molar-refractivity contribution in [3.8, 4) is 0 Å². The van der Waals surface area contributed by atoms with Crippen LogP contribution in [0.15, 0.2) is 6.07 Å². The van der Waals surface area contributed by atoms with Gasteiger partial charge in [-0.15, -0.1) is 0 Å². The van der Waals surface area contributed by atoms with E-state index >= 15 is 0 Å². The Hall–Kier alpha value is -1.85. The topological polar surface area (TPSA) is 81.3 Å². The summed E-state index contributed by atoms with van der Waals surface area (Å²) < 4.78 is 10.1. The van der Waals surface area contributed by atoms with E-state index in [1.54, 1.807) is 47.6 Å². The Bertz CT molecular complexity index is 473. The highest BCUT2D eigenvalue weighted by molar-refractivity contribution is 5.83. The van der Waals surface area contributed by atoms with E-state index < -0.39 is 10.8 Å². The van der Waals surface area contributed by atoms with E-state index in [-0.39, 0.29) is 11.9 Å². The van der Waals surface area contributed by atoms with E-state index in [0.717, 1.165) is 0 Å². The summed E-state index contributed by atoms with van der Waals surface area (Å²) in [7, 11) is 0. The molecule has 6 nitrogen and oxygen atoms in total. The number of hydrogen-bond acceptors (Lipinski definition) is 5. The van der Waals surface area contributed by atoms with Gasteiger partial charge in [0, 0.05) is 0 Å². The fourth-order valence-corrected chi connectivity index (χ4v) is 1.80. The largest absolute Gasteiger partial charge is 0.465 e. The second kappa shape index (κ2) is 6.28. The highest BCUT2D eigenvalue weighted by atomic mass is 16.5. The van der Waals surface area contributed by atoms with Crippen LogP contribution in [-0.4, -0.2) is 35.3 Å². The van der Waals surface area contributed by atoms with Crippen molar-refractivity contribution in [2.45, 2.75) is 52.4 Å². The molecule has 1 aromatic rings. The lowest BCUT2D eigenvalue weighted by Gasteiger charge is -2.21. The Morgan fingerprint density at radius 3 is 2.00 bits per heavy atom. The summed E-state index contributed by atoms with van der Waals surface area (Å²) in [5.41, 5.74) is -0.594. The van der Waals surface area contributed by atoms with Crippen molar-refractivity contribution in [2.75, 3.05) is 13.2 Å². The van der Waals surface area contributed by atoms with Gasteiger partial charge in [-0.3, -0.25) is 14.7 Å². The van der Waals surface area contributed by atoms with Gasteiger partial charge < -0.3 is 9.47 Å². The van der Waals surface area contributed by atoms with Crippen molar-refractivity contribution >= 4 is 11.9 Å². The zero-order valence-electron chi connectivity index (χ0n) is 13.6. The van der Waals surface area contributed by atoms with Crippen LogP contribution in [0.4, 0.5) is 0 Å². The molecule has 0 unspecified atom stereocenters. The minimum absolute atomic E-state index is 0.313. The third kappa shape index (κ3) is 3.43. The summed E-state index contributed by atoms with van der Waals surface area (Å²) in [5, 5.41) is 7.00. The van der Waals surface area contributed by atoms with Gasteiger partial charge in [0.25, 0.3) is 0 Å². The van der Waals surface area contributed by atoms with Crippen molar-refractivity contribution in [1.82, 2.24) is 10.2 Å². The smallest absolute Gasteiger partial charge is 0.317 e. The number of nitrogens with zero attached hydrogens (tertiary/aromatic N) is 1. The van der Waals surface area contributed by atoms with Crippen molar-refractivity contribution in [2.24, 2.45) is 0 Å². The summed E-state index contributed by atoms with van der Waals surface area (Å²) in [6.45, 7) is 11.1. The zero-order valence-corrected chi connectivity index (χ0v) is 13.6. The minimum atomic E-state index is -0.879. The van der Waals surface area contributed by atoms with Gasteiger partial charge in [-0.25, -0.2) is 0 Å². The molecule has 0 spiro atoms. The molecule has 1 aromatic heterocycles. The lowest BCUT2D eigenvalue weighted by molar-refractivity contribution is -0.149. The predicted octanol–water partition coefficient (Wildman–Crippen LogP) is 2.09. The number of carbonyl (C=O) groups excluding carboxylic acids is 2. The third-order valence-electron chi connectivity index (χ3n) is 3.46. The molecule has 0 atom stereocenters. The molecule has 0 saturated heterocycles. The van der Waals surface area contributed by atoms with Gasteiger partial charge in [0.1, 0.15) is 10.8 Å². The number of ether oxygens (including phenoxy) is 2. The first-order chi connectivity index (χ1) is 9.67. The monoisotopic (exact) mass is 296 g/mol. The number of hydrogen-bond donors (Lipinski definition) is 1. The van der Waals surface area contributed by atoms with Crippen molar-refractivity contribution in [3.05, 3.63) is 17.5 Å². The number of carbonyl (C=O) groups is 2. The van der Waals surface area contributed by atoms with E-state index in [0.29, 0.717) is 24.6 Å². The lowest BCUT2D eigenvalue weighted by atomic mass is 9.85. The molecule has 1 rings (SSSR count). The average Bonchev–Trinajstić information content (AvgIpc) is 2.90. The zero-order chi connectivity index (χ0) is 16.3. The van der Waals surface area contributed by atoms with Gasteiger partial charge in [0.15, 0.2) is 0 Å². The molecule has 0 aliphatic rings. The Morgan fingerprint density at radius 1 is 1.05 bits per heavy atom. The summed E-state index contributed by atoms with van der Waals surface area (Å²) in [6, 6.07) is 1.72. The van der Waals surface area contributed by atoms with Crippen LogP contribution in [0.3, 0.4) is 0 Å². The predicted molar refractivity (Wildman–Crippen MR) is 77.9 cm³/mol. The summed E-state index contributed by atoms with van der Waals surface area (Å²) in [4.78, 5) is 24.0. The number of H-pyrrole nitrogens is 1. The Morgan fingerprint density at radius 2 is 1.52 bits per heavy atom. The van der Waals surface area contributed by atoms with Crippen LogP contribution in [0.5, 0.6) is 0 Å². The van der Waals surface area contributed by atoms with E-state index in [2.05, 4.69) is 10.2 Å². The molecule has 0 aromatic carbocycles. The number of aromatic nitrogens is 2. The van der Waals surface area contributed by atoms with Gasteiger partial charge in [-0.1, -0.05) is 0 Å². The Labute approximate surface area is 125 Å². The molecule has 1 N–H and O–H groups in total. The second-order valence-corrected chi connectivity index (χ2v) is 5.86. The van der Waals surface area contributed by atoms with E-state index in [9.17, 15) is 9.59 Å². The molecular formula is C15H24N2O4. The number of nitrogens with one attached hydrogen (secondary N) is 1. The van der Waals surface area contributed by atoms with E-state index in [1.165, 1.54) is 0 Å². The highest BCUT2D eigenvalue weighted by Gasteiger charge is 2.38. The van der Waals surface area contributed by atoms with Crippen molar-refractivity contribution in [1.29, 1.82) is 0 Å². The maximum atomic E-state index is 12.0. The van der Waals surface area contributed by atoms with Crippen LogP contribution in [0, 0.1) is 0 Å². The molecule has 0 radical (unpaired) electrons. The normalized spacial score (nSPS) is 12.1. The van der Waals surface area contributed by atoms with Gasteiger partial charge in [0.05, 0.1) is 24.6 Å². The number of esters is 2. The fraction of sp³-hybridized carbons (Fsp3) is 0.667. The minimum Gasteiger partial charge on any atom is -0.465 e. The molecule has 0 saturated carbocycles. The summed E-state index contributed by atoms with van der Waals surface area (Å²) >= 11 is 0. The SMILES string of the molecule is CCOC(=O)C(C)(C)c1cc(C(C)(C)C(=O)OCC)[nH]n1. The van der Waals surface area contributed by atoms with Crippen LogP contribution in [0.2, 0.25) is 0 Å². The van der Waals surface area contributed by atoms with Gasteiger partial charge >= 0.3 is 11.9 Å². The van der Waals surface area contributed by atoms with E-state index in [1.807, 2.05) is 0 Å². The summed E-state index contributed by atoms with van der Waals surface area (Å²) in [5.74, 6) is -0.689. The lowest BCUT2D eigenvalue weighted by Crippen LogP contribution is -2.32. The molecule has 6 heteroatoms. The van der Waals surface area contributed by atoms with Crippen LogP contribution in [0.1, 0.15) is 52.9 Å². The Kier molecular flexibility index (Phi) is 5.15. The molecule has 1 heterocycles. The van der Waals surface area contributed by atoms with Crippen molar-refractivity contribution in [3.63, 3.8) is 0 Å². The van der Waals surface area contributed by atoms with Crippen LogP contribution in [-0.2, 0) is 29.9 Å². The van der Waals surface area contributed by atoms with Gasteiger partial charge in [-0.05, 0) is 47.6 Å². The van der Waals surface area contributed by atoms with Crippen LogP contribution >= 0.6 is 0 Å². The number of rotatable bonds is 6. The standard InChI is InChI=1S/C15H24N2O4/c1-7-20-12(18)14(3,4)10-9-11(17-16-10)15(5,6)13(19)21-8-2/h9H,7-8H2,1-6H3,(H,16,17). The number of aromatic amines is 1. The molecule has 0 bridgehead atoms. The maximum absolute atomic E-state index is 12.0. The fourth-order valence-electron chi connectivity index (χ4n) is 1.80. The molecule has 0 aliphatic heterocycles. The molecule has 118 valence electrons. The second-order valence-electron chi connectivity index (χ2n) is 5.86. The van der Waals surface area contributed by atoms with Crippen LogP contribution < -0.4 is 0 Å². The molecule has 21 heavy (non-hydrogen) atoms. The third-order valence-corrected chi connectivity index (χ3v) is 3.46. The molecule has 0 aliphatic carbocycles. The van der Waals surface area contributed by atoms with Crippen LogP contribution in [0.25, 0.3) is 0 Å². The first kappa shape index (κ1) is 17.2. The maximum Gasteiger partial charge on any atom is 0.317 e. The van der Waals surface area contributed by atoms with Crippen molar-refractivity contribution < 1.29 is 19.1 Å². The molecular weight excluding hydrogens is 272 g/mol. The summed E-state index contributed by atoms with van der Waals surface area (Å²) in [6.07, 6.45) is 0. The first-order valence-corrected chi connectivity index (χ1v) is 7.08. The Balaban J connectivity index is 3.05. The van der Waals surface area contributed by atoms with Gasteiger partial charge in [0.2, 0.25) is 0 Å². The average molecular weight is 296 g/mol. The molecule has 0 fully saturated rings. The first-order valence-electron chi connectivity index (χ1n) is 7.08. The highest BCUT2D eigenvalue weighted by Crippen LogP contribution is 2.29.